The van der Waals surface area contributed by atoms with Crippen LogP contribution in [0.15, 0.2) is 54.6 Å². The van der Waals surface area contributed by atoms with E-state index in [1.54, 1.807) is 0 Å². The fraction of sp³-hybridized carbons (Fsp3) is 0.333. The third-order valence-corrected chi connectivity index (χ3v) is 5.10. The van der Waals surface area contributed by atoms with E-state index in [1.165, 1.54) is 5.56 Å². The topological polar surface area (TPSA) is 61.0 Å². The van der Waals surface area contributed by atoms with Crippen molar-refractivity contribution >= 4 is 22.9 Å². The molecule has 1 saturated heterocycles. The molecule has 5 heteroatoms. The van der Waals surface area contributed by atoms with Gasteiger partial charge in [0.25, 0.3) is 0 Å². The second-order valence-corrected chi connectivity index (χ2v) is 6.87. The molecule has 134 valence electrons. The van der Waals surface area contributed by atoms with Crippen LogP contribution in [-0.4, -0.2) is 35.5 Å². The van der Waals surface area contributed by atoms with Gasteiger partial charge >= 0.3 is 0 Å². The summed E-state index contributed by atoms with van der Waals surface area (Å²) in [6.07, 6.45) is 2.62. The van der Waals surface area contributed by atoms with Crippen molar-refractivity contribution in [3.05, 3.63) is 60.2 Å². The van der Waals surface area contributed by atoms with Gasteiger partial charge in [-0.15, -0.1) is 0 Å². The molecule has 0 radical (unpaired) electrons. The van der Waals surface area contributed by atoms with Gasteiger partial charge in [0.15, 0.2) is 0 Å². The Balaban J connectivity index is 1.27. The predicted molar refractivity (Wildman–Crippen MR) is 104 cm³/mol. The van der Waals surface area contributed by atoms with Crippen LogP contribution in [0.2, 0.25) is 0 Å². The highest BCUT2D eigenvalue weighted by Crippen LogP contribution is 2.23. The zero-order valence-corrected chi connectivity index (χ0v) is 14.8. The molecule has 2 heterocycles. The second-order valence-electron chi connectivity index (χ2n) is 6.87. The number of nitrogens with zero attached hydrogens (tertiary/aromatic N) is 2. The lowest BCUT2D eigenvalue weighted by Crippen LogP contribution is -2.41. The summed E-state index contributed by atoms with van der Waals surface area (Å²) in [5.74, 6) is 1.20. The number of fused-ring (bicyclic) bond motifs is 1. The van der Waals surface area contributed by atoms with E-state index in [0.717, 1.165) is 49.3 Å². The summed E-state index contributed by atoms with van der Waals surface area (Å²) < 4.78 is 0. The lowest BCUT2D eigenvalue weighted by Gasteiger charge is -2.31. The first kappa shape index (κ1) is 16.6. The number of hydrogen-bond acceptors (Lipinski definition) is 3. The molecule has 1 aromatic heterocycles. The Morgan fingerprint density at radius 3 is 2.58 bits per heavy atom. The molecule has 4 rings (SSSR count). The number of imidazole rings is 1. The summed E-state index contributed by atoms with van der Waals surface area (Å²) in [5.41, 5.74) is 3.30. The highest BCUT2D eigenvalue weighted by molar-refractivity contribution is 5.79. The van der Waals surface area contributed by atoms with Gasteiger partial charge in [0.1, 0.15) is 0 Å². The molecule has 5 nitrogen and oxygen atoms in total. The summed E-state index contributed by atoms with van der Waals surface area (Å²) in [5, 5.41) is 3.10. The largest absolute Gasteiger partial charge is 0.356 e. The van der Waals surface area contributed by atoms with Crippen molar-refractivity contribution in [2.45, 2.75) is 19.3 Å². The quantitative estimate of drug-likeness (QED) is 0.745. The molecule has 2 aromatic carbocycles. The first-order valence-corrected chi connectivity index (χ1v) is 9.31. The van der Waals surface area contributed by atoms with Gasteiger partial charge in [-0.1, -0.05) is 42.5 Å². The smallest absolute Gasteiger partial charge is 0.223 e. The maximum absolute atomic E-state index is 12.4. The number of amides is 1. The second kappa shape index (κ2) is 7.60. The van der Waals surface area contributed by atoms with Crippen molar-refractivity contribution < 1.29 is 4.79 Å². The van der Waals surface area contributed by atoms with Crippen LogP contribution in [0.25, 0.3) is 11.0 Å². The molecule has 1 fully saturated rings. The van der Waals surface area contributed by atoms with Gasteiger partial charge in [-0.05, 0) is 37.0 Å². The third kappa shape index (κ3) is 3.72. The Morgan fingerprint density at radius 2 is 1.81 bits per heavy atom. The summed E-state index contributed by atoms with van der Waals surface area (Å²) >= 11 is 0. The average Bonchev–Trinajstić information content (AvgIpc) is 3.13. The lowest BCUT2D eigenvalue weighted by atomic mass is 9.96. The molecular weight excluding hydrogens is 324 g/mol. The predicted octanol–water partition coefficient (Wildman–Crippen LogP) is 3.14. The summed E-state index contributed by atoms with van der Waals surface area (Å²) in [7, 11) is 0. The first-order valence-electron chi connectivity index (χ1n) is 9.31. The molecule has 0 spiro atoms. The minimum Gasteiger partial charge on any atom is -0.356 e. The van der Waals surface area contributed by atoms with E-state index in [0.29, 0.717) is 6.54 Å². The molecule has 1 amide bonds. The van der Waals surface area contributed by atoms with Gasteiger partial charge in [0, 0.05) is 25.6 Å². The van der Waals surface area contributed by atoms with Crippen molar-refractivity contribution in [1.29, 1.82) is 0 Å². The number of nitrogens with one attached hydrogen (secondary N) is 2. The molecule has 0 saturated carbocycles. The molecule has 0 unspecified atom stereocenters. The SMILES string of the molecule is O=C(NCCc1ccccc1)C1CCN(c2nc3ccccc3[nH]2)CC1. The van der Waals surface area contributed by atoms with Crippen molar-refractivity contribution in [2.24, 2.45) is 5.92 Å². The molecule has 0 bridgehead atoms. The molecular formula is C21H24N4O. The van der Waals surface area contributed by atoms with E-state index in [9.17, 15) is 4.79 Å². The van der Waals surface area contributed by atoms with E-state index in [1.807, 2.05) is 42.5 Å². The molecule has 2 N–H and O–H groups in total. The Morgan fingerprint density at radius 1 is 1.08 bits per heavy atom. The van der Waals surface area contributed by atoms with Crippen molar-refractivity contribution in [3.8, 4) is 0 Å². The molecule has 0 atom stereocenters. The van der Waals surface area contributed by atoms with Crippen LogP contribution in [0.1, 0.15) is 18.4 Å². The number of carbonyl (C=O) groups excluding carboxylic acids is 1. The van der Waals surface area contributed by atoms with E-state index >= 15 is 0 Å². The van der Waals surface area contributed by atoms with Gasteiger partial charge < -0.3 is 15.2 Å². The number of rotatable bonds is 5. The van der Waals surface area contributed by atoms with E-state index in [4.69, 9.17) is 0 Å². The number of benzene rings is 2. The van der Waals surface area contributed by atoms with Gasteiger partial charge in [-0.2, -0.15) is 0 Å². The van der Waals surface area contributed by atoms with Gasteiger partial charge in [-0.3, -0.25) is 4.79 Å². The number of carbonyl (C=O) groups is 1. The van der Waals surface area contributed by atoms with Crippen LogP contribution in [0.3, 0.4) is 0 Å². The number of anilines is 1. The van der Waals surface area contributed by atoms with Gasteiger partial charge in [0.05, 0.1) is 11.0 Å². The highest BCUT2D eigenvalue weighted by Gasteiger charge is 2.26. The van der Waals surface area contributed by atoms with Crippen LogP contribution >= 0.6 is 0 Å². The van der Waals surface area contributed by atoms with Crippen molar-refractivity contribution in [2.75, 3.05) is 24.5 Å². The Hall–Kier alpha value is -2.82. The fourth-order valence-corrected chi connectivity index (χ4v) is 3.56. The minimum atomic E-state index is 0.103. The lowest BCUT2D eigenvalue weighted by molar-refractivity contribution is -0.125. The monoisotopic (exact) mass is 348 g/mol. The summed E-state index contributed by atoms with van der Waals surface area (Å²) in [4.78, 5) is 22.7. The van der Waals surface area contributed by atoms with Crippen LogP contribution in [0.5, 0.6) is 0 Å². The molecule has 1 aliphatic heterocycles. The number of aromatic amines is 1. The minimum absolute atomic E-state index is 0.103. The maximum Gasteiger partial charge on any atom is 0.223 e. The summed E-state index contributed by atoms with van der Waals surface area (Å²) in [6, 6.07) is 18.3. The van der Waals surface area contributed by atoms with Gasteiger partial charge in [0.2, 0.25) is 11.9 Å². The van der Waals surface area contributed by atoms with Crippen molar-refractivity contribution in [1.82, 2.24) is 15.3 Å². The van der Waals surface area contributed by atoms with E-state index in [-0.39, 0.29) is 11.8 Å². The third-order valence-electron chi connectivity index (χ3n) is 5.10. The number of para-hydroxylation sites is 2. The molecule has 1 aliphatic rings. The van der Waals surface area contributed by atoms with Crippen LogP contribution < -0.4 is 10.2 Å². The van der Waals surface area contributed by atoms with E-state index in [2.05, 4.69) is 32.3 Å². The van der Waals surface area contributed by atoms with Gasteiger partial charge in [-0.25, -0.2) is 4.98 Å². The Kier molecular flexibility index (Phi) is 4.86. The first-order chi connectivity index (χ1) is 12.8. The number of hydrogen-bond donors (Lipinski definition) is 2. The number of H-pyrrole nitrogens is 1. The van der Waals surface area contributed by atoms with Crippen LogP contribution in [-0.2, 0) is 11.2 Å². The number of aromatic nitrogens is 2. The maximum atomic E-state index is 12.4. The summed E-state index contributed by atoms with van der Waals surface area (Å²) in [6.45, 7) is 2.42. The zero-order valence-electron chi connectivity index (χ0n) is 14.8. The number of piperidine rings is 1. The molecule has 0 aliphatic carbocycles. The standard InChI is InChI=1S/C21H24N4O/c26-20(22-13-10-16-6-2-1-3-7-16)17-11-14-25(15-12-17)21-23-18-8-4-5-9-19(18)24-21/h1-9,17H,10-15H2,(H,22,26)(H,23,24). The van der Waals surface area contributed by atoms with Crippen molar-refractivity contribution in [3.63, 3.8) is 0 Å². The van der Waals surface area contributed by atoms with Crippen LogP contribution in [0.4, 0.5) is 5.95 Å². The molecule has 3 aromatic rings. The van der Waals surface area contributed by atoms with E-state index < -0.39 is 0 Å². The fourth-order valence-electron chi connectivity index (χ4n) is 3.56. The zero-order chi connectivity index (χ0) is 17.8. The van der Waals surface area contributed by atoms with Crippen LogP contribution in [0, 0.1) is 5.92 Å². The Labute approximate surface area is 153 Å². The molecule has 26 heavy (non-hydrogen) atoms. The Bertz CT molecular complexity index is 833. The normalized spacial score (nSPS) is 15.3. The highest BCUT2D eigenvalue weighted by atomic mass is 16.1. The average molecular weight is 348 g/mol.